The molecule has 0 heterocycles. The van der Waals surface area contributed by atoms with E-state index in [0.717, 1.165) is 19.0 Å². The van der Waals surface area contributed by atoms with Crippen LogP contribution in [-0.4, -0.2) is 49.2 Å². The van der Waals surface area contributed by atoms with Crippen LogP contribution >= 0.6 is 24.0 Å². The average Bonchev–Trinajstić information content (AvgIpc) is 2.49. The van der Waals surface area contributed by atoms with E-state index >= 15 is 0 Å². The fourth-order valence-corrected chi connectivity index (χ4v) is 2.04. The first-order chi connectivity index (χ1) is 11.3. The Kier molecular flexibility index (Phi) is 11.2. The first kappa shape index (κ1) is 23.5. The molecule has 2 N–H and O–H groups in total. The van der Waals surface area contributed by atoms with E-state index in [4.69, 9.17) is 4.74 Å². The molecule has 0 fully saturated rings. The maximum absolute atomic E-state index is 11.6. The Morgan fingerprint density at radius 2 is 1.84 bits per heavy atom. The molecule has 7 heteroatoms. The van der Waals surface area contributed by atoms with Crippen molar-refractivity contribution < 1.29 is 9.53 Å². The van der Waals surface area contributed by atoms with Gasteiger partial charge in [0.15, 0.2) is 5.96 Å². The van der Waals surface area contributed by atoms with Crippen molar-refractivity contribution in [1.82, 2.24) is 15.5 Å². The number of alkyl carbamates (subject to hydrolysis) is 1. The summed E-state index contributed by atoms with van der Waals surface area (Å²) in [4.78, 5) is 18.2. The highest BCUT2D eigenvalue weighted by atomic mass is 127. The highest BCUT2D eigenvalue weighted by Crippen LogP contribution is 2.06. The lowest BCUT2D eigenvalue weighted by Gasteiger charge is -2.22. The number of hydrogen-bond donors (Lipinski definition) is 2. The molecule has 0 saturated carbocycles. The van der Waals surface area contributed by atoms with E-state index in [-0.39, 0.29) is 24.0 Å². The summed E-state index contributed by atoms with van der Waals surface area (Å²) < 4.78 is 5.19. The lowest BCUT2D eigenvalue weighted by atomic mass is 10.2. The molecule has 1 aromatic rings. The number of guanidine groups is 1. The molecule has 0 unspecified atom stereocenters. The van der Waals surface area contributed by atoms with Gasteiger partial charge in [-0.1, -0.05) is 30.3 Å². The van der Waals surface area contributed by atoms with Crippen LogP contribution in [0.2, 0.25) is 0 Å². The number of amides is 1. The number of carbonyl (C=O) groups excluding carboxylic acids is 1. The monoisotopic (exact) mass is 462 g/mol. The van der Waals surface area contributed by atoms with Crippen molar-refractivity contribution >= 4 is 36.0 Å². The summed E-state index contributed by atoms with van der Waals surface area (Å²) >= 11 is 0. The van der Waals surface area contributed by atoms with E-state index in [1.165, 1.54) is 5.56 Å². The number of benzene rings is 1. The molecular weight excluding hydrogens is 431 g/mol. The summed E-state index contributed by atoms with van der Waals surface area (Å²) in [5, 5.41) is 5.97. The molecule has 0 aliphatic heterocycles. The van der Waals surface area contributed by atoms with E-state index in [9.17, 15) is 4.79 Å². The van der Waals surface area contributed by atoms with Gasteiger partial charge in [0.25, 0.3) is 0 Å². The minimum absolute atomic E-state index is 0. The van der Waals surface area contributed by atoms with Gasteiger partial charge in [-0.25, -0.2) is 4.79 Å². The molecule has 0 saturated heterocycles. The van der Waals surface area contributed by atoms with Gasteiger partial charge in [-0.05, 0) is 33.3 Å². The summed E-state index contributed by atoms with van der Waals surface area (Å²) in [6.07, 6.45) is -0.416. The number of ether oxygens (including phenoxy) is 1. The van der Waals surface area contributed by atoms with Crippen LogP contribution in [0.1, 0.15) is 33.3 Å². The van der Waals surface area contributed by atoms with Crippen molar-refractivity contribution in [1.29, 1.82) is 0 Å². The summed E-state index contributed by atoms with van der Waals surface area (Å²) in [5.41, 5.74) is 0.732. The molecule has 1 rings (SSSR count). The molecule has 0 atom stereocenters. The Morgan fingerprint density at radius 1 is 1.20 bits per heavy atom. The van der Waals surface area contributed by atoms with Crippen LogP contribution in [0, 0.1) is 0 Å². The summed E-state index contributed by atoms with van der Waals surface area (Å²) in [5.74, 6) is 0.812. The lowest BCUT2D eigenvalue weighted by molar-refractivity contribution is 0.0529. The lowest BCUT2D eigenvalue weighted by Crippen LogP contribution is -2.39. The van der Waals surface area contributed by atoms with Crippen LogP contribution < -0.4 is 10.6 Å². The topological polar surface area (TPSA) is 66.0 Å². The normalized spacial score (nSPS) is 11.3. The zero-order chi connectivity index (χ0) is 18.0. The highest BCUT2D eigenvalue weighted by molar-refractivity contribution is 14.0. The maximum atomic E-state index is 11.6. The second-order valence-electron chi connectivity index (χ2n) is 6.51. The summed E-state index contributed by atoms with van der Waals surface area (Å²) in [7, 11) is 2.00. The van der Waals surface area contributed by atoms with Gasteiger partial charge in [0, 0.05) is 26.7 Å². The van der Waals surface area contributed by atoms with E-state index in [0.29, 0.717) is 13.1 Å². The molecule has 1 amide bonds. The largest absolute Gasteiger partial charge is 0.444 e. The van der Waals surface area contributed by atoms with Gasteiger partial charge in [-0.2, -0.15) is 0 Å². The molecule has 0 aromatic heterocycles. The van der Waals surface area contributed by atoms with Gasteiger partial charge < -0.3 is 20.3 Å². The van der Waals surface area contributed by atoms with Crippen LogP contribution in [-0.2, 0) is 11.3 Å². The minimum atomic E-state index is -0.488. The fraction of sp³-hybridized carbons (Fsp3) is 0.556. The van der Waals surface area contributed by atoms with Gasteiger partial charge in [0.2, 0.25) is 0 Å². The van der Waals surface area contributed by atoms with Gasteiger partial charge in [0.05, 0.1) is 6.54 Å². The van der Waals surface area contributed by atoms with E-state index in [2.05, 4.69) is 32.7 Å². The first-order valence-electron chi connectivity index (χ1n) is 8.32. The SMILES string of the molecule is CCNC(=NCCNC(=O)OC(C)(C)C)N(C)Cc1ccccc1.I. The van der Waals surface area contributed by atoms with Crippen LogP contribution in [0.15, 0.2) is 35.3 Å². The van der Waals surface area contributed by atoms with Crippen molar-refractivity contribution in [3.8, 4) is 0 Å². The van der Waals surface area contributed by atoms with Crippen LogP contribution in [0.25, 0.3) is 0 Å². The summed E-state index contributed by atoms with van der Waals surface area (Å²) in [6, 6.07) is 10.2. The molecule has 0 radical (unpaired) electrons. The Morgan fingerprint density at radius 3 is 2.40 bits per heavy atom. The van der Waals surface area contributed by atoms with Gasteiger partial charge >= 0.3 is 6.09 Å². The van der Waals surface area contributed by atoms with E-state index in [1.807, 2.05) is 52.9 Å². The first-order valence-corrected chi connectivity index (χ1v) is 8.32. The third-order valence-electron chi connectivity index (χ3n) is 3.00. The number of nitrogens with one attached hydrogen (secondary N) is 2. The van der Waals surface area contributed by atoms with Crippen molar-refractivity contribution in [2.45, 2.75) is 39.8 Å². The second-order valence-corrected chi connectivity index (χ2v) is 6.51. The Hall–Kier alpha value is -1.51. The maximum Gasteiger partial charge on any atom is 0.407 e. The van der Waals surface area contributed by atoms with Crippen LogP contribution in [0.3, 0.4) is 0 Å². The number of halogens is 1. The molecule has 0 spiro atoms. The number of hydrogen-bond acceptors (Lipinski definition) is 3. The molecule has 25 heavy (non-hydrogen) atoms. The molecule has 6 nitrogen and oxygen atoms in total. The third kappa shape index (κ3) is 10.9. The van der Waals surface area contributed by atoms with Gasteiger partial charge in [-0.15, -0.1) is 24.0 Å². The van der Waals surface area contributed by atoms with Crippen molar-refractivity contribution in [3.05, 3.63) is 35.9 Å². The van der Waals surface area contributed by atoms with Crippen molar-refractivity contribution in [2.75, 3.05) is 26.7 Å². The molecule has 0 bridgehead atoms. The summed E-state index contributed by atoms with van der Waals surface area (Å²) in [6.45, 7) is 10.0. The predicted octanol–water partition coefficient (Wildman–Crippen LogP) is 3.23. The van der Waals surface area contributed by atoms with Crippen molar-refractivity contribution in [2.24, 2.45) is 4.99 Å². The highest BCUT2D eigenvalue weighted by Gasteiger charge is 2.15. The Balaban J connectivity index is 0.00000576. The molecule has 1 aromatic carbocycles. The van der Waals surface area contributed by atoms with E-state index in [1.54, 1.807) is 0 Å². The number of aliphatic imine (C=N–C) groups is 1. The van der Waals surface area contributed by atoms with Crippen LogP contribution in [0.5, 0.6) is 0 Å². The standard InChI is InChI=1S/C18H30N4O2.HI/c1-6-19-16(22(5)14-15-10-8-7-9-11-15)20-12-13-21-17(23)24-18(2,3)4;/h7-11H,6,12-14H2,1-5H3,(H,19,20)(H,21,23);1H. The molecular formula is C18H31IN4O2. The quantitative estimate of drug-likeness (QED) is 0.295. The van der Waals surface area contributed by atoms with Crippen molar-refractivity contribution in [3.63, 3.8) is 0 Å². The zero-order valence-corrected chi connectivity index (χ0v) is 18.2. The molecule has 0 aliphatic rings. The Labute approximate surface area is 168 Å². The van der Waals surface area contributed by atoms with E-state index < -0.39 is 11.7 Å². The average molecular weight is 462 g/mol. The zero-order valence-electron chi connectivity index (χ0n) is 15.8. The van der Waals surface area contributed by atoms with Gasteiger partial charge in [-0.3, -0.25) is 4.99 Å². The predicted molar refractivity (Wildman–Crippen MR) is 114 cm³/mol. The second kappa shape index (κ2) is 11.9. The molecule has 0 aliphatic carbocycles. The number of carbonyl (C=O) groups is 1. The van der Waals surface area contributed by atoms with Crippen LogP contribution in [0.4, 0.5) is 4.79 Å². The fourth-order valence-electron chi connectivity index (χ4n) is 2.04. The molecule has 142 valence electrons. The third-order valence-corrected chi connectivity index (χ3v) is 3.00. The smallest absolute Gasteiger partial charge is 0.407 e. The number of nitrogens with zero attached hydrogens (tertiary/aromatic N) is 2. The number of rotatable bonds is 6. The minimum Gasteiger partial charge on any atom is -0.444 e. The van der Waals surface area contributed by atoms with Gasteiger partial charge in [0.1, 0.15) is 5.60 Å². The Bertz CT molecular complexity index is 530.